The number of rotatable bonds is 5. The fourth-order valence-electron chi connectivity index (χ4n) is 3.28. The van der Waals surface area contributed by atoms with E-state index in [9.17, 15) is 0 Å². The Labute approximate surface area is 120 Å². The van der Waals surface area contributed by atoms with Crippen LogP contribution in [0.15, 0.2) is 36.5 Å². The summed E-state index contributed by atoms with van der Waals surface area (Å²) in [4.78, 5) is 4.36. The molecule has 1 aliphatic rings. The summed E-state index contributed by atoms with van der Waals surface area (Å²) in [6.07, 6.45) is 6.92. The van der Waals surface area contributed by atoms with Gasteiger partial charge in [0.1, 0.15) is 5.75 Å². The third-order valence-corrected chi connectivity index (χ3v) is 4.38. The molecule has 1 saturated carbocycles. The average Bonchev–Trinajstić information content (AvgIpc) is 2.95. The lowest BCUT2D eigenvalue weighted by molar-refractivity contribution is 0.266. The second kappa shape index (κ2) is 6.23. The average molecular weight is 270 g/mol. The molecule has 3 rings (SSSR count). The molecule has 1 heterocycles. The van der Waals surface area contributed by atoms with Gasteiger partial charge in [0, 0.05) is 17.6 Å². The molecule has 1 N–H and O–H groups in total. The first kappa shape index (κ1) is 13.4. The van der Waals surface area contributed by atoms with Crippen LogP contribution < -0.4 is 10.1 Å². The summed E-state index contributed by atoms with van der Waals surface area (Å²) in [7, 11) is 2.07. The molecular formula is C17H22N2O. The number of nitrogens with one attached hydrogen (secondary N) is 1. The minimum absolute atomic E-state index is 0.674. The van der Waals surface area contributed by atoms with Crippen LogP contribution in [0.3, 0.4) is 0 Å². The van der Waals surface area contributed by atoms with E-state index < -0.39 is 0 Å². The lowest BCUT2D eigenvalue weighted by Crippen LogP contribution is -2.29. The SMILES string of the molecule is CNC1CCCC1CCOc1cccc2ncccc12. The summed E-state index contributed by atoms with van der Waals surface area (Å²) in [6.45, 7) is 0.789. The fourth-order valence-corrected chi connectivity index (χ4v) is 3.28. The Kier molecular flexibility index (Phi) is 4.16. The number of ether oxygens (including phenoxy) is 1. The highest BCUT2D eigenvalue weighted by molar-refractivity contribution is 5.84. The third-order valence-electron chi connectivity index (χ3n) is 4.38. The summed E-state index contributed by atoms with van der Waals surface area (Å²) >= 11 is 0. The molecule has 1 fully saturated rings. The highest BCUT2D eigenvalue weighted by atomic mass is 16.5. The van der Waals surface area contributed by atoms with Crippen molar-refractivity contribution in [3.63, 3.8) is 0 Å². The highest BCUT2D eigenvalue weighted by Gasteiger charge is 2.25. The summed E-state index contributed by atoms with van der Waals surface area (Å²) in [5.41, 5.74) is 0.999. The van der Waals surface area contributed by atoms with Crippen LogP contribution in [0.25, 0.3) is 10.9 Å². The Morgan fingerprint density at radius 3 is 3.10 bits per heavy atom. The van der Waals surface area contributed by atoms with Crippen molar-refractivity contribution in [3.8, 4) is 5.75 Å². The number of hydrogen-bond donors (Lipinski definition) is 1. The first-order valence-corrected chi connectivity index (χ1v) is 7.52. The molecule has 3 heteroatoms. The van der Waals surface area contributed by atoms with Gasteiger partial charge >= 0.3 is 0 Å². The van der Waals surface area contributed by atoms with Crippen molar-refractivity contribution in [3.05, 3.63) is 36.5 Å². The molecule has 2 unspecified atom stereocenters. The predicted molar refractivity (Wildman–Crippen MR) is 82.0 cm³/mol. The van der Waals surface area contributed by atoms with Crippen molar-refractivity contribution in [2.75, 3.05) is 13.7 Å². The van der Waals surface area contributed by atoms with Gasteiger partial charge in [-0.3, -0.25) is 4.98 Å². The molecule has 20 heavy (non-hydrogen) atoms. The van der Waals surface area contributed by atoms with Gasteiger partial charge in [-0.05, 0) is 56.5 Å². The Hall–Kier alpha value is -1.61. The van der Waals surface area contributed by atoms with E-state index in [-0.39, 0.29) is 0 Å². The van der Waals surface area contributed by atoms with E-state index in [0.29, 0.717) is 6.04 Å². The maximum absolute atomic E-state index is 6.01. The van der Waals surface area contributed by atoms with E-state index in [1.165, 1.54) is 19.3 Å². The third kappa shape index (κ3) is 2.78. The van der Waals surface area contributed by atoms with Gasteiger partial charge in [0.25, 0.3) is 0 Å². The van der Waals surface area contributed by atoms with Crippen LogP contribution in [0.2, 0.25) is 0 Å². The fraction of sp³-hybridized carbons (Fsp3) is 0.471. The highest BCUT2D eigenvalue weighted by Crippen LogP contribution is 2.29. The largest absolute Gasteiger partial charge is 0.493 e. The van der Waals surface area contributed by atoms with Crippen LogP contribution in [-0.2, 0) is 0 Å². The normalized spacial score (nSPS) is 22.2. The summed E-state index contributed by atoms with van der Waals surface area (Å²) < 4.78 is 6.01. The van der Waals surface area contributed by atoms with Crippen LogP contribution in [0.4, 0.5) is 0 Å². The molecule has 0 amide bonds. The minimum Gasteiger partial charge on any atom is -0.493 e. The molecule has 2 aromatic rings. The Morgan fingerprint density at radius 2 is 2.20 bits per heavy atom. The number of pyridine rings is 1. The van der Waals surface area contributed by atoms with Crippen molar-refractivity contribution >= 4 is 10.9 Å². The van der Waals surface area contributed by atoms with Gasteiger partial charge in [-0.1, -0.05) is 12.5 Å². The van der Waals surface area contributed by atoms with Gasteiger partial charge < -0.3 is 10.1 Å². The number of benzene rings is 1. The number of fused-ring (bicyclic) bond motifs is 1. The Balaban J connectivity index is 1.63. The van der Waals surface area contributed by atoms with Crippen molar-refractivity contribution in [1.29, 1.82) is 0 Å². The Morgan fingerprint density at radius 1 is 1.25 bits per heavy atom. The lowest BCUT2D eigenvalue weighted by Gasteiger charge is -2.19. The molecule has 106 valence electrons. The first-order chi connectivity index (χ1) is 9.88. The number of nitrogens with zero attached hydrogens (tertiary/aromatic N) is 1. The maximum atomic E-state index is 6.01. The summed E-state index contributed by atoms with van der Waals surface area (Å²) in [5.74, 6) is 1.71. The number of aromatic nitrogens is 1. The molecule has 1 aromatic heterocycles. The van der Waals surface area contributed by atoms with E-state index in [0.717, 1.165) is 35.6 Å². The molecule has 0 saturated heterocycles. The summed E-state index contributed by atoms with van der Waals surface area (Å²) in [5, 5.41) is 4.53. The molecule has 1 aliphatic carbocycles. The van der Waals surface area contributed by atoms with Gasteiger partial charge in [0.2, 0.25) is 0 Å². The summed E-state index contributed by atoms with van der Waals surface area (Å²) in [6, 6.07) is 10.8. The van der Waals surface area contributed by atoms with E-state index in [1.807, 2.05) is 30.5 Å². The van der Waals surface area contributed by atoms with Crippen molar-refractivity contribution in [2.45, 2.75) is 31.7 Å². The van der Waals surface area contributed by atoms with Crippen LogP contribution >= 0.6 is 0 Å². The quantitative estimate of drug-likeness (QED) is 0.904. The van der Waals surface area contributed by atoms with Gasteiger partial charge in [0.05, 0.1) is 12.1 Å². The monoisotopic (exact) mass is 270 g/mol. The van der Waals surface area contributed by atoms with E-state index in [1.54, 1.807) is 0 Å². The van der Waals surface area contributed by atoms with E-state index in [2.05, 4.69) is 23.4 Å². The topological polar surface area (TPSA) is 34.1 Å². The van der Waals surface area contributed by atoms with Crippen molar-refractivity contribution in [2.24, 2.45) is 5.92 Å². The smallest absolute Gasteiger partial charge is 0.128 e. The van der Waals surface area contributed by atoms with Crippen LogP contribution in [0.1, 0.15) is 25.7 Å². The standard InChI is InChI=1S/C17H22N2O/c1-18-15-7-2-5-13(15)10-12-20-17-9-3-8-16-14(17)6-4-11-19-16/h3-4,6,8-9,11,13,15,18H,2,5,7,10,12H2,1H3. The lowest BCUT2D eigenvalue weighted by atomic mass is 10.0. The molecule has 0 radical (unpaired) electrons. The molecule has 0 spiro atoms. The second-order valence-electron chi connectivity index (χ2n) is 5.55. The number of hydrogen-bond acceptors (Lipinski definition) is 3. The molecule has 0 aliphatic heterocycles. The zero-order chi connectivity index (χ0) is 13.8. The zero-order valence-corrected chi connectivity index (χ0v) is 12.0. The van der Waals surface area contributed by atoms with E-state index in [4.69, 9.17) is 4.74 Å². The van der Waals surface area contributed by atoms with E-state index >= 15 is 0 Å². The molecule has 0 bridgehead atoms. The van der Waals surface area contributed by atoms with Crippen molar-refractivity contribution < 1.29 is 4.74 Å². The van der Waals surface area contributed by atoms with Crippen LogP contribution in [0.5, 0.6) is 5.75 Å². The molecular weight excluding hydrogens is 248 g/mol. The van der Waals surface area contributed by atoms with Gasteiger partial charge in [0.15, 0.2) is 0 Å². The predicted octanol–water partition coefficient (Wildman–Crippen LogP) is 3.39. The molecule has 1 aromatic carbocycles. The maximum Gasteiger partial charge on any atom is 0.128 e. The van der Waals surface area contributed by atoms with Crippen molar-refractivity contribution in [1.82, 2.24) is 10.3 Å². The zero-order valence-electron chi connectivity index (χ0n) is 12.0. The van der Waals surface area contributed by atoms with Gasteiger partial charge in [-0.25, -0.2) is 0 Å². The Bertz CT molecular complexity index is 564. The van der Waals surface area contributed by atoms with Gasteiger partial charge in [-0.2, -0.15) is 0 Å². The molecule has 2 atom stereocenters. The molecule has 3 nitrogen and oxygen atoms in total. The second-order valence-corrected chi connectivity index (χ2v) is 5.55. The first-order valence-electron chi connectivity index (χ1n) is 7.52. The van der Waals surface area contributed by atoms with Crippen LogP contribution in [-0.4, -0.2) is 24.7 Å². The minimum atomic E-state index is 0.674. The van der Waals surface area contributed by atoms with Gasteiger partial charge in [-0.15, -0.1) is 0 Å². The van der Waals surface area contributed by atoms with Crippen LogP contribution in [0, 0.1) is 5.92 Å².